The number of carbonyl (C=O) groups is 2. The highest BCUT2D eigenvalue weighted by molar-refractivity contribution is 5.70. The number of epoxide rings is 2. The normalized spacial score (nSPS) is 30.7. The quantitative estimate of drug-likeness (QED) is 0.151. The van der Waals surface area contributed by atoms with Crippen molar-refractivity contribution in [1.82, 2.24) is 9.80 Å². The van der Waals surface area contributed by atoms with E-state index in [0.29, 0.717) is 52.7 Å². The molecule has 0 aliphatic carbocycles. The van der Waals surface area contributed by atoms with E-state index < -0.39 is 0 Å². The van der Waals surface area contributed by atoms with Crippen molar-refractivity contribution >= 4 is 12.2 Å². The third-order valence-corrected chi connectivity index (χ3v) is 11.8. The predicted molar refractivity (Wildman–Crippen MR) is 210 cm³/mol. The van der Waals surface area contributed by atoms with Crippen LogP contribution in [0, 0.1) is 0 Å². The van der Waals surface area contributed by atoms with Crippen LogP contribution in [0.15, 0.2) is 121 Å². The SMILES string of the molecule is O=C1OC[C@@H]2[C@@H](OCc3ccccc3)[C@H](OCc3ccccc3)[C@H]3O[C@H]3CCN12.O=C1OC[C@@H]2[C@@H](OCc3ccccc3)[C@H](OCc3ccccc3)[C@H]3O[C@H]3CCN12. The van der Waals surface area contributed by atoms with Crippen LogP contribution >= 0.6 is 0 Å². The van der Waals surface area contributed by atoms with Gasteiger partial charge >= 0.3 is 12.2 Å². The summed E-state index contributed by atoms with van der Waals surface area (Å²) in [7, 11) is 0. The highest BCUT2D eigenvalue weighted by Gasteiger charge is 2.57. The Morgan fingerprint density at radius 2 is 0.759 bits per heavy atom. The van der Waals surface area contributed by atoms with Gasteiger partial charge in [-0.1, -0.05) is 121 Å². The van der Waals surface area contributed by atoms with Crippen LogP contribution in [-0.4, -0.2) is 109 Å². The number of rotatable bonds is 12. The van der Waals surface area contributed by atoms with Gasteiger partial charge in [-0.15, -0.1) is 0 Å². The van der Waals surface area contributed by atoms with Gasteiger partial charge in [0.1, 0.15) is 49.8 Å². The maximum Gasteiger partial charge on any atom is 0.410 e. The molecule has 12 nitrogen and oxygen atoms in total. The maximum atomic E-state index is 12.3. The van der Waals surface area contributed by atoms with E-state index in [2.05, 4.69) is 0 Å². The van der Waals surface area contributed by atoms with E-state index in [1.807, 2.05) is 121 Å². The van der Waals surface area contributed by atoms with Gasteiger partial charge in [0.2, 0.25) is 0 Å². The molecule has 0 saturated carbocycles. The first-order valence-electron chi connectivity index (χ1n) is 20.4. The molecule has 304 valence electrons. The zero-order valence-corrected chi connectivity index (χ0v) is 32.4. The lowest BCUT2D eigenvalue weighted by Crippen LogP contribution is -2.53. The van der Waals surface area contributed by atoms with Gasteiger partial charge in [-0.3, -0.25) is 9.80 Å². The molecule has 58 heavy (non-hydrogen) atoms. The molecule has 6 fully saturated rings. The fourth-order valence-corrected chi connectivity index (χ4v) is 8.55. The van der Waals surface area contributed by atoms with E-state index in [-0.39, 0.29) is 73.1 Å². The van der Waals surface area contributed by atoms with Crippen LogP contribution in [-0.2, 0) is 64.3 Å². The van der Waals surface area contributed by atoms with Crippen LogP contribution in [0.1, 0.15) is 35.1 Å². The van der Waals surface area contributed by atoms with Gasteiger partial charge in [-0.2, -0.15) is 0 Å². The van der Waals surface area contributed by atoms with E-state index in [1.165, 1.54) is 0 Å². The third kappa shape index (κ3) is 9.07. The molecule has 10 rings (SSSR count). The number of hydrogen-bond acceptors (Lipinski definition) is 10. The highest BCUT2D eigenvalue weighted by Crippen LogP contribution is 2.40. The van der Waals surface area contributed by atoms with Crippen LogP contribution in [0.25, 0.3) is 0 Å². The average Bonchev–Trinajstić information content (AvgIpc) is 4.14. The maximum absolute atomic E-state index is 12.3. The first kappa shape index (κ1) is 38.7. The largest absolute Gasteiger partial charge is 0.447 e. The summed E-state index contributed by atoms with van der Waals surface area (Å²) in [5.74, 6) is 0. The lowest BCUT2D eigenvalue weighted by molar-refractivity contribution is -0.119. The van der Waals surface area contributed by atoms with Crippen molar-refractivity contribution in [3.05, 3.63) is 144 Å². The smallest absolute Gasteiger partial charge is 0.410 e. The van der Waals surface area contributed by atoms with E-state index in [4.69, 9.17) is 37.9 Å². The zero-order valence-electron chi connectivity index (χ0n) is 32.4. The number of nitrogens with zero attached hydrogens (tertiary/aromatic N) is 2. The standard InChI is InChI=1S/2C23H25NO5/c2*25-23-24-12-11-19-21(29-19)22(27-14-17-9-5-2-6-10-17)20(18(24)15-28-23)26-13-16-7-3-1-4-8-16/h2*1-10,18-22H,11-15H2/t2*18-,19+,20-,21+,22+/m11/s1. The first-order chi connectivity index (χ1) is 28.6. The molecule has 4 aromatic rings. The van der Waals surface area contributed by atoms with Gasteiger partial charge in [0, 0.05) is 13.1 Å². The Bertz CT molecular complexity index is 1800. The third-order valence-electron chi connectivity index (χ3n) is 11.8. The van der Waals surface area contributed by atoms with Gasteiger partial charge in [0.05, 0.1) is 50.7 Å². The van der Waals surface area contributed by atoms with Crippen molar-refractivity contribution in [3.63, 3.8) is 0 Å². The molecule has 12 heteroatoms. The fraction of sp³-hybridized carbons (Fsp3) is 0.435. The van der Waals surface area contributed by atoms with Crippen molar-refractivity contribution in [1.29, 1.82) is 0 Å². The average molecular weight is 791 g/mol. The van der Waals surface area contributed by atoms with Gasteiger partial charge < -0.3 is 37.9 Å². The number of cyclic esters (lactones) is 2. The van der Waals surface area contributed by atoms with Crippen molar-refractivity contribution in [2.24, 2.45) is 0 Å². The molecule has 2 amide bonds. The van der Waals surface area contributed by atoms with Crippen LogP contribution in [0.5, 0.6) is 0 Å². The van der Waals surface area contributed by atoms with Crippen molar-refractivity contribution in [2.45, 2.75) is 100 Å². The molecule has 10 atom stereocenters. The Hall–Kier alpha value is -4.82. The Morgan fingerprint density at radius 3 is 1.09 bits per heavy atom. The molecule has 6 aliphatic rings. The minimum atomic E-state index is -0.319. The summed E-state index contributed by atoms with van der Waals surface area (Å²) in [6.07, 6.45) is 0.0995. The van der Waals surface area contributed by atoms with Gasteiger partial charge in [0.15, 0.2) is 0 Å². The number of carbonyl (C=O) groups excluding carboxylic acids is 2. The summed E-state index contributed by atoms with van der Waals surface area (Å²) in [6.45, 7) is 3.75. The zero-order chi connectivity index (χ0) is 39.3. The summed E-state index contributed by atoms with van der Waals surface area (Å²) in [4.78, 5) is 28.1. The summed E-state index contributed by atoms with van der Waals surface area (Å²) in [5, 5.41) is 0. The van der Waals surface area contributed by atoms with Crippen molar-refractivity contribution < 1.29 is 47.5 Å². The van der Waals surface area contributed by atoms with E-state index in [0.717, 1.165) is 35.1 Å². The predicted octanol–water partition coefficient (Wildman–Crippen LogP) is 6.30. The Morgan fingerprint density at radius 1 is 0.448 bits per heavy atom. The molecule has 0 radical (unpaired) electrons. The molecule has 6 heterocycles. The molecule has 0 aromatic heterocycles. The molecule has 6 saturated heterocycles. The first-order valence-corrected chi connectivity index (χ1v) is 20.4. The summed E-state index contributed by atoms with van der Waals surface area (Å²) in [6, 6.07) is 39.9. The Labute approximate surface area is 338 Å². The molecule has 0 unspecified atom stereocenters. The summed E-state index contributed by atoms with van der Waals surface area (Å²) in [5.41, 5.74) is 4.37. The lowest BCUT2D eigenvalue weighted by atomic mass is 9.96. The van der Waals surface area contributed by atoms with Gasteiger partial charge in [-0.05, 0) is 35.1 Å². The van der Waals surface area contributed by atoms with Crippen LogP contribution in [0.3, 0.4) is 0 Å². The molecule has 0 N–H and O–H groups in total. The van der Waals surface area contributed by atoms with Gasteiger partial charge in [0.25, 0.3) is 0 Å². The van der Waals surface area contributed by atoms with Crippen LogP contribution < -0.4 is 0 Å². The second-order valence-electron chi connectivity index (χ2n) is 15.6. The topological polar surface area (TPSA) is 121 Å². The minimum absolute atomic E-state index is 0.00247. The Balaban J connectivity index is 0.000000150. The van der Waals surface area contributed by atoms with E-state index >= 15 is 0 Å². The summed E-state index contributed by atoms with van der Waals surface area (Å²) >= 11 is 0. The lowest BCUT2D eigenvalue weighted by Gasteiger charge is -2.35. The monoisotopic (exact) mass is 790 g/mol. The number of fused-ring (bicyclic) bond motifs is 4. The molecule has 0 spiro atoms. The molecule has 6 aliphatic heterocycles. The summed E-state index contributed by atoms with van der Waals surface area (Å²) < 4.78 is 48.1. The van der Waals surface area contributed by atoms with Crippen LogP contribution in [0.2, 0.25) is 0 Å². The minimum Gasteiger partial charge on any atom is -0.447 e. The van der Waals surface area contributed by atoms with Crippen molar-refractivity contribution in [2.75, 3.05) is 26.3 Å². The second kappa shape index (κ2) is 18.0. The second-order valence-corrected chi connectivity index (χ2v) is 15.6. The van der Waals surface area contributed by atoms with E-state index in [1.54, 1.807) is 9.80 Å². The van der Waals surface area contributed by atoms with Crippen molar-refractivity contribution in [3.8, 4) is 0 Å². The molecular weight excluding hydrogens is 741 g/mol. The molecule has 4 aromatic carbocycles. The molecular formula is C46H50N2O10. The fourth-order valence-electron chi connectivity index (χ4n) is 8.55. The molecule has 0 bridgehead atoms. The van der Waals surface area contributed by atoms with E-state index in [9.17, 15) is 9.59 Å². The van der Waals surface area contributed by atoms with Gasteiger partial charge in [-0.25, -0.2) is 9.59 Å². The number of ether oxygens (including phenoxy) is 8. The number of hydrogen-bond donors (Lipinski definition) is 0. The van der Waals surface area contributed by atoms with Crippen LogP contribution in [0.4, 0.5) is 9.59 Å². The Kier molecular flexibility index (Phi) is 12.0. The highest BCUT2D eigenvalue weighted by atomic mass is 16.6. The number of amides is 2. The number of benzene rings is 4.